The van der Waals surface area contributed by atoms with Crippen molar-refractivity contribution >= 4 is 29.0 Å². The Morgan fingerprint density at radius 2 is 0.889 bits per heavy atom. The standard InChI is InChI=1S/C39H46N6/c1-7-25(3)29-15-21-35(22-16-29)41-38-43-37(44-39(45-38)42-36-23-17-30(18-24-36)26(4)8-2)33-11-9-31(10-12-33)27(5)28(6)32-13-19-34(40)20-14-32/h9-28H,7-8,40H2,1-6H3,(H2,41,42,43,44,45). The van der Waals surface area contributed by atoms with Crippen LogP contribution in [0.25, 0.3) is 11.4 Å². The molecule has 5 rings (SSSR count). The Morgan fingerprint density at radius 1 is 0.511 bits per heavy atom. The van der Waals surface area contributed by atoms with Crippen LogP contribution in [0.3, 0.4) is 0 Å². The third-order valence-corrected chi connectivity index (χ3v) is 9.24. The molecular formula is C39H46N6. The molecule has 4 unspecified atom stereocenters. The maximum absolute atomic E-state index is 5.91. The van der Waals surface area contributed by atoms with Gasteiger partial charge in [0.25, 0.3) is 0 Å². The van der Waals surface area contributed by atoms with Crippen LogP contribution >= 0.6 is 0 Å². The minimum absolute atomic E-state index is 0.326. The van der Waals surface area contributed by atoms with Crippen LogP contribution in [0.2, 0.25) is 0 Å². The highest BCUT2D eigenvalue weighted by atomic mass is 15.2. The smallest absolute Gasteiger partial charge is 0.232 e. The molecule has 1 aromatic heterocycles. The van der Waals surface area contributed by atoms with Crippen molar-refractivity contribution in [2.75, 3.05) is 16.4 Å². The van der Waals surface area contributed by atoms with Gasteiger partial charge in [-0.3, -0.25) is 0 Å². The molecule has 1 heterocycles. The summed E-state index contributed by atoms with van der Waals surface area (Å²) in [5.74, 6) is 3.30. The van der Waals surface area contributed by atoms with E-state index in [1.165, 1.54) is 22.3 Å². The minimum atomic E-state index is 0.326. The van der Waals surface area contributed by atoms with Crippen molar-refractivity contribution in [3.63, 3.8) is 0 Å². The van der Waals surface area contributed by atoms with Crippen molar-refractivity contribution in [1.82, 2.24) is 15.0 Å². The molecule has 0 amide bonds. The van der Waals surface area contributed by atoms with Crippen molar-refractivity contribution in [3.05, 3.63) is 119 Å². The van der Waals surface area contributed by atoms with Crippen molar-refractivity contribution in [2.45, 2.75) is 78.1 Å². The number of benzene rings is 4. The van der Waals surface area contributed by atoms with E-state index in [0.717, 1.165) is 35.5 Å². The topological polar surface area (TPSA) is 88.8 Å². The lowest BCUT2D eigenvalue weighted by Gasteiger charge is -2.21. The summed E-state index contributed by atoms with van der Waals surface area (Å²) in [6, 6.07) is 33.8. The first kappa shape index (κ1) is 31.7. The van der Waals surface area contributed by atoms with Gasteiger partial charge in [0.05, 0.1) is 0 Å². The molecule has 0 fully saturated rings. The molecular weight excluding hydrogens is 552 g/mol. The second-order valence-electron chi connectivity index (χ2n) is 12.3. The summed E-state index contributed by atoms with van der Waals surface area (Å²) in [5.41, 5.74) is 14.7. The van der Waals surface area contributed by atoms with E-state index in [1.807, 2.05) is 12.1 Å². The number of nitrogens with two attached hydrogens (primary N) is 1. The van der Waals surface area contributed by atoms with Gasteiger partial charge in [0, 0.05) is 22.6 Å². The van der Waals surface area contributed by atoms with E-state index in [4.69, 9.17) is 20.7 Å². The fourth-order valence-corrected chi connectivity index (χ4v) is 5.45. The molecule has 6 heteroatoms. The highest BCUT2D eigenvalue weighted by Gasteiger charge is 2.17. The zero-order valence-electron chi connectivity index (χ0n) is 27.4. The normalized spacial score (nSPS) is 13.9. The Labute approximate surface area is 268 Å². The van der Waals surface area contributed by atoms with Gasteiger partial charge in [-0.25, -0.2) is 0 Å². The summed E-state index contributed by atoms with van der Waals surface area (Å²) in [4.78, 5) is 14.4. The molecule has 0 bridgehead atoms. The van der Waals surface area contributed by atoms with Gasteiger partial charge in [-0.1, -0.05) is 102 Å². The van der Waals surface area contributed by atoms with Gasteiger partial charge >= 0.3 is 0 Å². The van der Waals surface area contributed by atoms with Crippen molar-refractivity contribution in [2.24, 2.45) is 0 Å². The lowest BCUT2D eigenvalue weighted by molar-refractivity contribution is 0.624. The Balaban J connectivity index is 1.42. The maximum Gasteiger partial charge on any atom is 0.232 e. The zero-order valence-corrected chi connectivity index (χ0v) is 27.4. The van der Waals surface area contributed by atoms with Gasteiger partial charge in [-0.2, -0.15) is 15.0 Å². The van der Waals surface area contributed by atoms with E-state index in [2.05, 4.69) is 137 Å². The van der Waals surface area contributed by atoms with Crippen LogP contribution in [0.15, 0.2) is 97.1 Å². The van der Waals surface area contributed by atoms with E-state index in [9.17, 15) is 0 Å². The molecule has 232 valence electrons. The Bertz CT molecular complexity index is 1590. The SMILES string of the molecule is CCC(C)c1ccc(Nc2nc(Nc3ccc(C(C)CC)cc3)nc(-c3ccc(C(C)C(C)c4ccc(N)cc4)cc3)n2)cc1. The fourth-order valence-electron chi connectivity index (χ4n) is 5.45. The fraction of sp³-hybridized carbons (Fsp3) is 0.308. The third-order valence-electron chi connectivity index (χ3n) is 9.24. The highest BCUT2D eigenvalue weighted by molar-refractivity contribution is 5.64. The number of anilines is 5. The molecule has 4 atom stereocenters. The monoisotopic (exact) mass is 598 g/mol. The summed E-state index contributed by atoms with van der Waals surface area (Å²) in [5, 5.41) is 6.82. The van der Waals surface area contributed by atoms with Crippen LogP contribution in [0.5, 0.6) is 0 Å². The number of rotatable bonds is 12. The number of aromatic nitrogens is 3. The molecule has 0 saturated heterocycles. The summed E-state index contributed by atoms with van der Waals surface area (Å²) in [7, 11) is 0. The molecule has 0 spiro atoms. The van der Waals surface area contributed by atoms with E-state index in [1.54, 1.807) is 0 Å². The van der Waals surface area contributed by atoms with Gasteiger partial charge in [-0.05, 0) is 95.2 Å². The van der Waals surface area contributed by atoms with Gasteiger partial charge in [0.15, 0.2) is 5.82 Å². The van der Waals surface area contributed by atoms with Crippen LogP contribution in [-0.2, 0) is 0 Å². The second-order valence-corrected chi connectivity index (χ2v) is 12.3. The number of hydrogen-bond donors (Lipinski definition) is 3. The molecule has 4 N–H and O–H groups in total. The average Bonchev–Trinajstić information content (AvgIpc) is 3.08. The summed E-state index contributed by atoms with van der Waals surface area (Å²) >= 11 is 0. The Kier molecular flexibility index (Phi) is 10.1. The largest absolute Gasteiger partial charge is 0.399 e. The van der Waals surface area contributed by atoms with Gasteiger partial charge in [-0.15, -0.1) is 0 Å². The lowest BCUT2D eigenvalue weighted by Crippen LogP contribution is -2.07. The first-order valence-corrected chi connectivity index (χ1v) is 16.2. The van der Waals surface area contributed by atoms with Gasteiger partial charge < -0.3 is 16.4 Å². The number of nitrogens with zero attached hydrogens (tertiary/aromatic N) is 3. The summed E-state index contributed by atoms with van der Waals surface area (Å²) in [6.07, 6.45) is 2.21. The van der Waals surface area contributed by atoms with Crippen LogP contribution in [0, 0.1) is 0 Å². The van der Waals surface area contributed by atoms with E-state index in [0.29, 0.717) is 41.4 Å². The third kappa shape index (κ3) is 7.88. The Hall–Kier alpha value is -4.71. The van der Waals surface area contributed by atoms with Crippen LogP contribution < -0.4 is 16.4 Å². The van der Waals surface area contributed by atoms with Crippen LogP contribution in [0.1, 0.15) is 100 Å². The van der Waals surface area contributed by atoms with E-state index in [-0.39, 0.29) is 0 Å². The summed E-state index contributed by atoms with van der Waals surface area (Å²) in [6.45, 7) is 13.4. The first-order chi connectivity index (χ1) is 21.7. The van der Waals surface area contributed by atoms with Crippen molar-refractivity contribution in [1.29, 1.82) is 0 Å². The second kappa shape index (κ2) is 14.4. The van der Waals surface area contributed by atoms with E-state index >= 15 is 0 Å². The molecule has 0 saturated carbocycles. The van der Waals surface area contributed by atoms with E-state index < -0.39 is 0 Å². The molecule has 0 aliphatic heterocycles. The molecule has 45 heavy (non-hydrogen) atoms. The number of nitrogen functional groups attached to an aromatic ring is 1. The van der Waals surface area contributed by atoms with Crippen LogP contribution in [-0.4, -0.2) is 15.0 Å². The highest BCUT2D eigenvalue weighted by Crippen LogP contribution is 2.34. The molecule has 4 aromatic carbocycles. The predicted octanol–water partition coefficient (Wildman–Crippen LogP) is 10.5. The number of hydrogen-bond acceptors (Lipinski definition) is 6. The molecule has 0 radical (unpaired) electrons. The van der Waals surface area contributed by atoms with Crippen LogP contribution in [0.4, 0.5) is 29.0 Å². The van der Waals surface area contributed by atoms with Crippen molar-refractivity contribution in [3.8, 4) is 11.4 Å². The molecule has 5 aromatic rings. The summed E-state index contributed by atoms with van der Waals surface area (Å²) < 4.78 is 0. The first-order valence-electron chi connectivity index (χ1n) is 16.2. The molecule has 0 aliphatic rings. The van der Waals surface area contributed by atoms with Gasteiger partial charge in [0.1, 0.15) is 0 Å². The lowest BCUT2D eigenvalue weighted by atomic mass is 9.84. The zero-order chi connectivity index (χ0) is 31.9. The van der Waals surface area contributed by atoms with Crippen molar-refractivity contribution < 1.29 is 0 Å². The molecule has 6 nitrogen and oxygen atoms in total. The molecule has 0 aliphatic carbocycles. The minimum Gasteiger partial charge on any atom is -0.399 e. The van der Waals surface area contributed by atoms with Gasteiger partial charge in [0.2, 0.25) is 11.9 Å². The quantitative estimate of drug-likeness (QED) is 0.124. The number of nitrogens with one attached hydrogen (secondary N) is 2. The Morgan fingerprint density at radius 3 is 1.29 bits per heavy atom. The average molecular weight is 599 g/mol. The predicted molar refractivity (Wildman–Crippen MR) is 190 cm³/mol. The maximum atomic E-state index is 5.91.